The third-order valence-corrected chi connectivity index (χ3v) is 1.67. The molecule has 0 saturated carbocycles. The summed E-state index contributed by atoms with van der Waals surface area (Å²) in [5, 5.41) is 0. The Morgan fingerprint density at radius 3 is 0.944 bits per heavy atom. The quantitative estimate of drug-likeness (QED) is 0.312. The third kappa shape index (κ3) is 7.81. The summed E-state index contributed by atoms with van der Waals surface area (Å²) >= 11 is 0. The molecule has 0 fully saturated rings. The Kier molecular flexibility index (Phi) is 10.1. The Morgan fingerprint density at radius 2 is 0.778 bits per heavy atom. The first-order valence-electron chi connectivity index (χ1n) is 4.50. The summed E-state index contributed by atoms with van der Waals surface area (Å²) in [7, 11) is 0. The van der Waals surface area contributed by atoms with Gasteiger partial charge in [0.05, 0.1) is 0 Å². The lowest BCUT2D eigenvalue weighted by Crippen LogP contribution is -3.00. The monoisotopic (exact) mass is 376 g/mol. The molecule has 0 aromatic carbocycles. The third-order valence-electron chi connectivity index (χ3n) is 1.67. The summed E-state index contributed by atoms with van der Waals surface area (Å²) in [6.07, 6.45) is 10.7. The predicted octanol–water partition coefficient (Wildman–Crippen LogP) is -5.54. The van der Waals surface area contributed by atoms with Crippen LogP contribution in [0.2, 0.25) is 0 Å². The zero-order valence-electron chi connectivity index (χ0n) is 9.09. The minimum Gasteiger partial charge on any atom is -1.00 e. The Balaban J connectivity index is 0. The van der Waals surface area contributed by atoms with E-state index in [1.807, 2.05) is 0 Å². The number of halogens is 2. The van der Waals surface area contributed by atoms with Crippen molar-refractivity contribution in [2.75, 3.05) is 0 Å². The highest BCUT2D eigenvalue weighted by Gasteiger charge is 2.04. The fourth-order valence-electron chi connectivity index (χ4n) is 0.892. The molecule has 0 unspecified atom stereocenters. The van der Waals surface area contributed by atoms with Crippen LogP contribution in [-0.4, -0.2) is 32.7 Å². The SMILES string of the molecule is O=C1C=CC(=[OH+])C=C1.O=C1C=CC(=[OH+])C=C1.[Br-].[Br-]. The molecule has 0 radical (unpaired) electrons. The van der Waals surface area contributed by atoms with Crippen LogP contribution in [-0.2, 0) is 9.59 Å². The highest BCUT2D eigenvalue weighted by atomic mass is 79.9. The van der Waals surface area contributed by atoms with E-state index >= 15 is 0 Å². The van der Waals surface area contributed by atoms with Crippen LogP contribution in [0.5, 0.6) is 0 Å². The van der Waals surface area contributed by atoms with Crippen molar-refractivity contribution in [3.8, 4) is 0 Å². The van der Waals surface area contributed by atoms with Crippen LogP contribution >= 0.6 is 0 Å². The van der Waals surface area contributed by atoms with Crippen LogP contribution in [0.3, 0.4) is 0 Å². The number of hydrogen-bond acceptors (Lipinski definition) is 2. The van der Waals surface area contributed by atoms with Crippen LogP contribution in [0.4, 0.5) is 0 Å². The lowest BCUT2D eigenvalue weighted by Gasteiger charge is -1.83. The van der Waals surface area contributed by atoms with E-state index < -0.39 is 0 Å². The first-order chi connectivity index (χ1) is 7.58. The Hall–Kier alpha value is -1.40. The topological polar surface area (TPSA) is 76.9 Å². The fraction of sp³-hybridized carbons (Fsp3) is 0. The lowest BCUT2D eigenvalue weighted by molar-refractivity contribution is -0.111. The molecule has 0 saturated heterocycles. The van der Waals surface area contributed by atoms with Gasteiger partial charge in [0.25, 0.3) is 0 Å². The van der Waals surface area contributed by atoms with Crippen LogP contribution in [0, 0.1) is 0 Å². The van der Waals surface area contributed by atoms with Gasteiger partial charge < -0.3 is 34.0 Å². The predicted molar refractivity (Wildman–Crippen MR) is 60.5 cm³/mol. The van der Waals surface area contributed by atoms with E-state index in [0.29, 0.717) is 0 Å². The molecule has 2 rings (SSSR count). The average molecular weight is 378 g/mol. The molecule has 96 valence electrons. The largest absolute Gasteiger partial charge is 1.00 e. The van der Waals surface area contributed by atoms with Gasteiger partial charge in [0, 0.05) is 24.3 Å². The van der Waals surface area contributed by atoms with Crippen LogP contribution in [0.1, 0.15) is 0 Å². The van der Waals surface area contributed by atoms with E-state index in [1.165, 1.54) is 48.6 Å². The second-order valence-corrected chi connectivity index (χ2v) is 2.99. The molecule has 2 aliphatic carbocycles. The molecule has 0 amide bonds. The van der Waals surface area contributed by atoms with Gasteiger partial charge >= 0.3 is 11.6 Å². The van der Waals surface area contributed by atoms with Crippen LogP contribution in [0.15, 0.2) is 48.6 Å². The molecule has 0 bridgehead atoms. The van der Waals surface area contributed by atoms with Gasteiger partial charge in [0.1, 0.15) is 0 Å². The number of rotatable bonds is 0. The minimum absolute atomic E-state index is 0. The zero-order valence-corrected chi connectivity index (χ0v) is 12.3. The zero-order chi connectivity index (χ0) is 12.0. The lowest BCUT2D eigenvalue weighted by atomic mass is 10.2. The van der Waals surface area contributed by atoms with Crippen molar-refractivity contribution in [2.24, 2.45) is 0 Å². The number of carbonyl (C=O) groups is 2. The maximum absolute atomic E-state index is 10.3. The first-order valence-corrected chi connectivity index (χ1v) is 4.50. The molecule has 0 atom stereocenters. The average Bonchev–Trinajstić information content (AvgIpc) is 2.28. The van der Waals surface area contributed by atoms with Gasteiger partial charge in [-0.2, -0.15) is 0 Å². The Morgan fingerprint density at radius 1 is 0.556 bits per heavy atom. The summed E-state index contributed by atoms with van der Waals surface area (Å²) in [5.74, 6) is 0.0970. The molecular formula is C12H10Br2O4. The molecule has 6 heteroatoms. The number of hydrogen-bond donors (Lipinski definition) is 0. The van der Waals surface area contributed by atoms with E-state index in [0.717, 1.165) is 0 Å². The van der Waals surface area contributed by atoms with Gasteiger partial charge in [-0.25, -0.2) is 0 Å². The molecule has 0 aliphatic heterocycles. The van der Waals surface area contributed by atoms with Gasteiger partial charge in [-0.05, 0) is 24.3 Å². The maximum atomic E-state index is 10.3. The summed E-state index contributed by atoms with van der Waals surface area (Å²) in [6.45, 7) is 0. The number of carbonyl (C=O) groups excluding carboxylic acids is 4. The van der Waals surface area contributed by atoms with Crippen molar-refractivity contribution in [1.82, 2.24) is 0 Å². The van der Waals surface area contributed by atoms with Crippen molar-refractivity contribution < 1.29 is 53.1 Å². The Labute approximate surface area is 125 Å². The van der Waals surface area contributed by atoms with E-state index in [9.17, 15) is 9.59 Å². The normalized spacial score (nSPS) is 15.6. The van der Waals surface area contributed by atoms with Crippen molar-refractivity contribution in [2.45, 2.75) is 0 Å². The Bertz CT molecular complexity index is 350. The van der Waals surface area contributed by atoms with Gasteiger partial charge in [-0.15, -0.1) is 0 Å². The second-order valence-electron chi connectivity index (χ2n) is 2.99. The van der Waals surface area contributed by atoms with Crippen LogP contribution < -0.4 is 34.0 Å². The molecule has 18 heavy (non-hydrogen) atoms. The first kappa shape index (κ1) is 19.0. The summed E-state index contributed by atoms with van der Waals surface area (Å²) < 4.78 is 0. The van der Waals surface area contributed by atoms with E-state index in [4.69, 9.17) is 9.59 Å². The highest BCUT2D eigenvalue weighted by Crippen LogP contribution is 1.91. The maximum Gasteiger partial charge on any atom is 0.340 e. The smallest absolute Gasteiger partial charge is 0.340 e. The molecular weight excluding hydrogens is 368 g/mol. The summed E-state index contributed by atoms with van der Waals surface area (Å²) in [6, 6.07) is 0. The molecule has 0 spiro atoms. The van der Waals surface area contributed by atoms with Gasteiger partial charge in [-0.1, -0.05) is 0 Å². The summed E-state index contributed by atoms with van der Waals surface area (Å²) in [4.78, 5) is 37.9. The van der Waals surface area contributed by atoms with E-state index in [-0.39, 0.29) is 57.1 Å². The van der Waals surface area contributed by atoms with E-state index in [1.54, 1.807) is 0 Å². The summed E-state index contributed by atoms with van der Waals surface area (Å²) in [5.41, 5.74) is 0. The molecule has 2 aliphatic rings. The molecule has 2 N–H and O–H groups in total. The molecule has 0 aromatic rings. The van der Waals surface area contributed by atoms with Crippen molar-refractivity contribution in [3.05, 3.63) is 48.6 Å². The van der Waals surface area contributed by atoms with Gasteiger partial charge in [0.2, 0.25) is 0 Å². The minimum atomic E-state index is -0.0807. The molecule has 0 heterocycles. The van der Waals surface area contributed by atoms with Crippen molar-refractivity contribution in [1.29, 1.82) is 0 Å². The van der Waals surface area contributed by atoms with Gasteiger partial charge in [0.15, 0.2) is 11.6 Å². The fourth-order valence-corrected chi connectivity index (χ4v) is 0.892. The number of ketones is 4. The van der Waals surface area contributed by atoms with Crippen molar-refractivity contribution >= 4 is 23.1 Å². The van der Waals surface area contributed by atoms with Crippen LogP contribution in [0.25, 0.3) is 0 Å². The number of allylic oxidation sites excluding steroid dienone is 8. The highest BCUT2D eigenvalue weighted by molar-refractivity contribution is 6.15. The molecule has 0 aromatic heterocycles. The standard InChI is InChI=1S/2C6H4O2.2BrH/c2*7-5-1-2-6(8)4-3-5;;/h2*1-4H;2*1H. The van der Waals surface area contributed by atoms with E-state index in [2.05, 4.69) is 0 Å². The van der Waals surface area contributed by atoms with Crippen molar-refractivity contribution in [3.63, 3.8) is 0 Å². The second kappa shape index (κ2) is 9.61. The molecule has 4 nitrogen and oxygen atoms in total. The van der Waals surface area contributed by atoms with Gasteiger partial charge in [-0.3, -0.25) is 19.2 Å².